The van der Waals surface area contributed by atoms with E-state index in [4.69, 9.17) is 5.73 Å². The first-order valence-electron chi connectivity index (χ1n) is 9.24. The van der Waals surface area contributed by atoms with Crippen LogP contribution in [0.25, 0.3) is 11.3 Å². The van der Waals surface area contributed by atoms with Gasteiger partial charge in [0.25, 0.3) is 0 Å². The highest BCUT2D eigenvalue weighted by atomic mass is 15.2. The zero-order valence-electron chi connectivity index (χ0n) is 15.8. The Hall–Kier alpha value is -2.93. The maximum absolute atomic E-state index is 6.14. The van der Waals surface area contributed by atoms with Gasteiger partial charge < -0.3 is 16.0 Å². The molecule has 1 aliphatic heterocycles. The molecule has 4 rings (SSSR count). The molecule has 27 heavy (non-hydrogen) atoms. The van der Waals surface area contributed by atoms with Crippen molar-refractivity contribution in [1.29, 1.82) is 0 Å². The lowest BCUT2D eigenvalue weighted by Gasteiger charge is -2.38. The maximum atomic E-state index is 6.14. The maximum Gasteiger partial charge on any atom is 0.126 e. The third kappa shape index (κ3) is 3.78. The van der Waals surface area contributed by atoms with Crippen molar-refractivity contribution >= 4 is 11.5 Å². The summed E-state index contributed by atoms with van der Waals surface area (Å²) in [6.07, 6.45) is 6.54. The van der Waals surface area contributed by atoms with Gasteiger partial charge >= 0.3 is 0 Å². The van der Waals surface area contributed by atoms with Crippen molar-refractivity contribution in [2.75, 3.05) is 30.3 Å². The van der Waals surface area contributed by atoms with Crippen LogP contribution in [-0.2, 0) is 13.5 Å². The summed E-state index contributed by atoms with van der Waals surface area (Å²) in [5.74, 6) is 0.526. The van der Waals surface area contributed by atoms with Crippen molar-refractivity contribution < 1.29 is 0 Å². The Morgan fingerprint density at radius 2 is 2.22 bits per heavy atom. The highest BCUT2D eigenvalue weighted by Crippen LogP contribution is 2.27. The number of nitrogens with one attached hydrogen (secondary N) is 1. The summed E-state index contributed by atoms with van der Waals surface area (Å²) in [4.78, 5) is 11.5. The third-order valence-corrected chi connectivity index (χ3v) is 5.06. The first kappa shape index (κ1) is 17.5. The molecule has 0 aliphatic carbocycles. The summed E-state index contributed by atoms with van der Waals surface area (Å²) >= 11 is 0. The average Bonchev–Trinajstić information content (AvgIpc) is 3.10. The Morgan fingerprint density at radius 1 is 1.33 bits per heavy atom. The second kappa shape index (κ2) is 7.36. The minimum absolute atomic E-state index is 0.316. The van der Waals surface area contributed by atoms with Crippen LogP contribution in [-0.4, -0.2) is 45.4 Å². The van der Waals surface area contributed by atoms with Gasteiger partial charge in [-0.25, -0.2) is 4.98 Å². The molecule has 7 nitrogen and oxygen atoms in total. The second-order valence-corrected chi connectivity index (χ2v) is 7.06. The SMILES string of the molecule is Cc1cccnc1CC1CNCCN1c1cc(N)nc(-c2cnn(C)c2)c1. The molecule has 1 atom stereocenters. The fourth-order valence-electron chi connectivity index (χ4n) is 3.64. The van der Waals surface area contributed by atoms with Crippen LogP contribution in [0.3, 0.4) is 0 Å². The fraction of sp³-hybridized carbons (Fsp3) is 0.350. The molecule has 1 saturated heterocycles. The first-order chi connectivity index (χ1) is 13.1. The summed E-state index contributed by atoms with van der Waals surface area (Å²) in [5, 5.41) is 7.76. The van der Waals surface area contributed by atoms with Gasteiger partial charge in [-0.15, -0.1) is 0 Å². The Labute approximate surface area is 159 Å². The standard InChI is InChI=1S/C20H25N7/c1-14-4-3-5-23-18(14)9-17-12-22-6-7-27(17)16-8-19(25-20(21)10-16)15-11-24-26(2)13-15/h3-5,8,10-11,13,17,22H,6-7,9,12H2,1-2H3,(H2,21,25). The van der Waals surface area contributed by atoms with Gasteiger partial charge in [0, 0.05) is 74.5 Å². The van der Waals surface area contributed by atoms with Crippen LogP contribution >= 0.6 is 0 Å². The molecule has 1 aliphatic rings. The monoisotopic (exact) mass is 363 g/mol. The van der Waals surface area contributed by atoms with E-state index >= 15 is 0 Å². The first-order valence-corrected chi connectivity index (χ1v) is 9.24. The molecule has 4 heterocycles. The van der Waals surface area contributed by atoms with Gasteiger partial charge in [0.2, 0.25) is 0 Å². The minimum Gasteiger partial charge on any atom is -0.384 e. The molecule has 140 valence electrons. The van der Waals surface area contributed by atoms with E-state index < -0.39 is 0 Å². The second-order valence-electron chi connectivity index (χ2n) is 7.06. The average molecular weight is 363 g/mol. The number of nitrogens with zero attached hydrogens (tertiary/aromatic N) is 5. The van der Waals surface area contributed by atoms with Gasteiger partial charge in [0.05, 0.1) is 11.9 Å². The molecular weight excluding hydrogens is 338 g/mol. The fourth-order valence-corrected chi connectivity index (χ4v) is 3.64. The number of aryl methyl sites for hydroxylation is 2. The van der Waals surface area contributed by atoms with E-state index in [9.17, 15) is 0 Å². The van der Waals surface area contributed by atoms with Crippen molar-refractivity contribution in [2.24, 2.45) is 7.05 Å². The van der Waals surface area contributed by atoms with Crippen molar-refractivity contribution in [1.82, 2.24) is 25.1 Å². The quantitative estimate of drug-likeness (QED) is 0.735. The molecule has 1 unspecified atom stereocenters. The lowest BCUT2D eigenvalue weighted by molar-refractivity contribution is 0.470. The Balaban J connectivity index is 1.65. The van der Waals surface area contributed by atoms with Gasteiger partial charge in [-0.05, 0) is 24.6 Å². The smallest absolute Gasteiger partial charge is 0.126 e. The number of rotatable bonds is 4. The number of hydrogen-bond acceptors (Lipinski definition) is 6. The topological polar surface area (TPSA) is 84.9 Å². The van der Waals surface area contributed by atoms with Crippen molar-refractivity contribution in [3.05, 3.63) is 54.1 Å². The number of nitrogen functional groups attached to an aromatic ring is 1. The lowest BCUT2D eigenvalue weighted by Crippen LogP contribution is -2.52. The van der Waals surface area contributed by atoms with Gasteiger partial charge in [-0.2, -0.15) is 5.10 Å². The van der Waals surface area contributed by atoms with E-state index in [1.54, 1.807) is 4.68 Å². The van der Waals surface area contributed by atoms with Crippen LogP contribution in [0, 0.1) is 6.92 Å². The largest absolute Gasteiger partial charge is 0.384 e. The van der Waals surface area contributed by atoms with Crippen molar-refractivity contribution in [3.8, 4) is 11.3 Å². The van der Waals surface area contributed by atoms with Crippen molar-refractivity contribution in [3.63, 3.8) is 0 Å². The molecular formula is C20H25N7. The van der Waals surface area contributed by atoms with Crippen LogP contribution in [0.1, 0.15) is 11.3 Å². The van der Waals surface area contributed by atoms with Gasteiger partial charge in [-0.1, -0.05) is 6.07 Å². The van der Waals surface area contributed by atoms with E-state index in [0.717, 1.165) is 48.7 Å². The highest BCUT2D eigenvalue weighted by Gasteiger charge is 2.24. The zero-order chi connectivity index (χ0) is 18.8. The summed E-state index contributed by atoms with van der Waals surface area (Å²) in [6.45, 7) is 4.91. The Bertz CT molecular complexity index is 934. The molecule has 3 aromatic heterocycles. The van der Waals surface area contributed by atoms with Crippen LogP contribution in [0.2, 0.25) is 0 Å². The van der Waals surface area contributed by atoms with Crippen molar-refractivity contribution in [2.45, 2.75) is 19.4 Å². The van der Waals surface area contributed by atoms with Crippen LogP contribution in [0.15, 0.2) is 42.9 Å². The van der Waals surface area contributed by atoms with Crippen LogP contribution < -0.4 is 16.0 Å². The number of pyridine rings is 2. The van der Waals surface area contributed by atoms with E-state index in [-0.39, 0.29) is 0 Å². The van der Waals surface area contributed by atoms with Gasteiger partial charge in [0.15, 0.2) is 0 Å². The van der Waals surface area contributed by atoms with E-state index in [0.29, 0.717) is 11.9 Å². The van der Waals surface area contributed by atoms with E-state index in [1.165, 1.54) is 5.56 Å². The lowest BCUT2D eigenvalue weighted by atomic mass is 10.0. The molecule has 0 radical (unpaired) electrons. The number of anilines is 2. The summed E-state index contributed by atoms with van der Waals surface area (Å²) in [7, 11) is 1.90. The van der Waals surface area contributed by atoms with Gasteiger partial charge in [-0.3, -0.25) is 9.67 Å². The minimum atomic E-state index is 0.316. The molecule has 0 saturated carbocycles. The molecule has 1 fully saturated rings. The molecule has 0 bridgehead atoms. The number of hydrogen-bond donors (Lipinski definition) is 2. The number of piperazine rings is 1. The van der Waals surface area contributed by atoms with Crippen LogP contribution in [0.5, 0.6) is 0 Å². The summed E-state index contributed by atoms with van der Waals surface area (Å²) in [6, 6.07) is 8.49. The Kier molecular flexibility index (Phi) is 4.77. The van der Waals surface area contributed by atoms with E-state index in [2.05, 4.69) is 44.3 Å². The van der Waals surface area contributed by atoms with Crippen LogP contribution in [0.4, 0.5) is 11.5 Å². The molecule has 0 spiro atoms. The summed E-state index contributed by atoms with van der Waals surface area (Å²) < 4.78 is 1.78. The predicted molar refractivity (Wildman–Crippen MR) is 108 cm³/mol. The molecule has 0 aromatic carbocycles. The molecule has 3 N–H and O–H groups in total. The van der Waals surface area contributed by atoms with E-state index in [1.807, 2.05) is 37.8 Å². The Morgan fingerprint density at radius 3 is 3.00 bits per heavy atom. The highest BCUT2D eigenvalue weighted by molar-refractivity contribution is 5.67. The molecule has 7 heteroatoms. The zero-order valence-corrected chi connectivity index (χ0v) is 15.8. The predicted octanol–water partition coefficient (Wildman–Crippen LogP) is 1.79. The molecule has 0 amide bonds. The van der Waals surface area contributed by atoms with Gasteiger partial charge in [0.1, 0.15) is 5.82 Å². The number of nitrogens with two attached hydrogens (primary N) is 1. The normalized spacial score (nSPS) is 17.3. The molecule has 3 aromatic rings. The summed E-state index contributed by atoms with van der Waals surface area (Å²) in [5.41, 5.74) is 11.4. The third-order valence-electron chi connectivity index (χ3n) is 5.06. The number of aromatic nitrogens is 4.